The minimum atomic E-state index is -6.50. The molecule has 4 aliphatic rings. The van der Waals surface area contributed by atoms with E-state index >= 15 is 0 Å². The van der Waals surface area contributed by atoms with Crippen molar-refractivity contribution in [2.45, 2.75) is 103 Å². The summed E-state index contributed by atoms with van der Waals surface area (Å²) in [4.78, 5) is 37.5. The van der Waals surface area contributed by atoms with E-state index < -0.39 is 40.0 Å². The molecule has 0 aromatic heterocycles. The number of halogens is 5. The predicted octanol–water partition coefficient (Wildman–Crippen LogP) is 5.76. The largest absolute Gasteiger partial charge is 0.445 e. The van der Waals surface area contributed by atoms with Gasteiger partial charge in [0, 0.05) is 31.6 Å². The minimum Gasteiger partial charge on any atom is -0.445 e. The lowest BCUT2D eigenvalue weighted by atomic mass is 9.44. The Kier molecular flexibility index (Phi) is 8.04. The Hall–Kier alpha value is -1.63. The summed E-state index contributed by atoms with van der Waals surface area (Å²) >= 11 is 0. The summed E-state index contributed by atoms with van der Waals surface area (Å²) in [6.07, 6.45) is -5.46. The summed E-state index contributed by atoms with van der Waals surface area (Å²) in [6.45, 7) is 6.17. The number of hydrogen-bond donors (Lipinski definition) is 1. The number of alkyl halides is 5. The first-order chi connectivity index (χ1) is 18.2. The maximum Gasteiger partial charge on any atom is 0.432 e. The Morgan fingerprint density at radius 2 is 1.65 bits per heavy atom. The van der Waals surface area contributed by atoms with Crippen LogP contribution in [0, 0.1) is 46.3 Å². The van der Waals surface area contributed by atoms with Crippen LogP contribution in [0.3, 0.4) is 0 Å². The van der Waals surface area contributed by atoms with Crippen molar-refractivity contribution in [1.29, 1.82) is 0 Å². The number of carbonyl (C=O) groups is 3. The zero-order valence-corrected chi connectivity index (χ0v) is 23.6. The van der Waals surface area contributed by atoms with Crippen molar-refractivity contribution in [2.75, 3.05) is 0 Å². The van der Waals surface area contributed by atoms with Crippen LogP contribution in [0.5, 0.6) is 0 Å². The molecule has 0 aromatic rings. The second-order valence-electron chi connectivity index (χ2n) is 13.0. The monoisotopic (exact) mass is 600 g/mol. The fourth-order valence-corrected chi connectivity index (χ4v) is 9.46. The van der Waals surface area contributed by atoms with Crippen LogP contribution in [0.1, 0.15) is 85.0 Å². The summed E-state index contributed by atoms with van der Waals surface area (Å²) < 4.78 is 101. The smallest absolute Gasteiger partial charge is 0.432 e. The number of fused-ring (bicyclic) bond motifs is 5. The van der Waals surface area contributed by atoms with Gasteiger partial charge in [-0.3, -0.25) is 18.9 Å². The van der Waals surface area contributed by atoms with Crippen LogP contribution in [-0.4, -0.2) is 48.0 Å². The van der Waals surface area contributed by atoms with Gasteiger partial charge in [-0.2, -0.15) is 30.4 Å². The molecule has 0 amide bonds. The number of esters is 1. The molecule has 1 N–H and O–H groups in total. The van der Waals surface area contributed by atoms with Gasteiger partial charge in [-0.15, -0.1) is 0 Å². The molecular weight excluding hydrogens is 563 g/mol. The molecule has 0 saturated heterocycles. The highest BCUT2D eigenvalue weighted by Gasteiger charge is 2.66. The third-order valence-electron chi connectivity index (χ3n) is 11.0. The lowest BCUT2D eigenvalue weighted by Crippen LogP contribution is -2.56. The SMILES string of the molecule is C[C@H](CCC(=O)OC(C(F)(F)F)C(F)(F)S(=O)(=O)O)[C@H]1CC[C@H]2[C@@H]3CC(=O)C4CC(=O)CC[C@]4(C)[C@H]3CC[C@]12C. The molecule has 40 heavy (non-hydrogen) atoms. The average molecular weight is 601 g/mol. The Labute approximate surface area is 230 Å². The Balaban J connectivity index is 1.43. The molecular formula is C27H37F5O7S. The van der Waals surface area contributed by atoms with E-state index in [1.165, 1.54) is 0 Å². The molecule has 4 rings (SSSR count). The zero-order valence-electron chi connectivity index (χ0n) is 22.8. The molecule has 4 fully saturated rings. The van der Waals surface area contributed by atoms with Crippen LogP contribution in [0.15, 0.2) is 0 Å². The highest BCUT2D eigenvalue weighted by Crippen LogP contribution is 2.67. The first-order valence-electron chi connectivity index (χ1n) is 13.9. The Morgan fingerprint density at radius 1 is 1.02 bits per heavy atom. The van der Waals surface area contributed by atoms with Crippen molar-refractivity contribution in [3.05, 3.63) is 0 Å². The van der Waals surface area contributed by atoms with Crippen molar-refractivity contribution in [2.24, 2.45) is 46.3 Å². The summed E-state index contributed by atoms with van der Waals surface area (Å²) in [5, 5.41) is -5.75. The van der Waals surface area contributed by atoms with Crippen molar-refractivity contribution in [3.8, 4) is 0 Å². The molecule has 0 aromatic carbocycles. The Morgan fingerprint density at radius 3 is 2.25 bits per heavy atom. The standard InChI is InChI=1S/C27H37F5O7S/c1-14(4-7-22(35)39-23(26(28,29)30)27(31,32)40(36,37)38)17-5-6-18-16-13-21(34)20-12-15(33)8-10-25(20,3)19(16)9-11-24(17,18)2/h14,16-20,23H,4-13H2,1-3H3,(H,36,37,38)/t14-,16+,17-,18+,19+,20?,23?,24-,25-/m1/s1. The van der Waals surface area contributed by atoms with Crippen LogP contribution < -0.4 is 0 Å². The molecule has 228 valence electrons. The van der Waals surface area contributed by atoms with Gasteiger partial charge in [0.25, 0.3) is 6.10 Å². The number of Topliss-reactive ketones (excluding diaryl/α,β-unsaturated/α-hetero) is 2. The first-order valence-corrected chi connectivity index (χ1v) is 15.3. The van der Waals surface area contributed by atoms with Gasteiger partial charge in [-0.25, -0.2) is 0 Å². The highest BCUT2D eigenvalue weighted by atomic mass is 32.2. The molecule has 4 aliphatic carbocycles. The third-order valence-corrected chi connectivity index (χ3v) is 11.9. The van der Waals surface area contributed by atoms with Crippen LogP contribution >= 0.6 is 0 Å². The summed E-state index contributed by atoms with van der Waals surface area (Å²) in [5.41, 5.74) is -0.382. The molecule has 2 unspecified atom stereocenters. The zero-order chi connectivity index (χ0) is 30.1. The topological polar surface area (TPSA) is 115 Å². The van der Waals surface area contributed by atoms with Gasteiger partial charge in [-0.1, -0.05) is 20.8 Å². The molecule has 0 bridgehead atoms. The van der Waals surface area contributed by atoms with Crippen LogP contribution in [0.2, 0.25) is 0 Å². The van der Waals surface area contributed by atoms with Gasteiger partial charge in [0.2, 0.25) is 0 Å². The van der Waals surface area contributed by atoms with E-state index in [4.69, 9.17) is 4.55 Å². The van der Waals surface area contributed by atoms with E-state index in [1.807, 2.05) is 6.92 Å². The lowest BCUT2D eigenvalue weighted by molar-refractivity contribution is -0.259. The van der Waals surface area contributed by atoms with Gasteiger partial charge in [0.15, 0.2) is 0 Å². The molecule has 13 heteroatoms. The van der Waals surface area contributed by atoms with Crippen LogP contribution in [-0.2, 0) is 29.2 Å². The molecule has 0 radical (unpaired) electrons. The molecule has 0 spiro atoms. The quantitative estimate of drug-likeness (QED) is 0.224. The number of ether oxygens (including phenoxy) is 1. The van der Waals surface area contributed by atoms with E-state index in [-0.39, 0.29) is 58.4 Å². The molecule has 0 heterocycles. The fraction of sp³-hybridized carbons (Fsp3) is 0.889. The van der Waals surface area contributed by atoms with Gasteiger partial charge >= 0.3 is 27.5 Å². The van der Waals surface area contributed by atoms with E-state index in [0.29, 0.717) is 31.6 Å². The van der Waals surface area contributed by atoms with E-state index in [2.05, 4.69) is 18.6 Å². The van der Waals surface area contributed by atoms with Crippen LogP contribution in [0.4, 0.5) is 22.0 Å². The maximum atomic E-state index is 13.8. The Bertz CT molecular complexity index is 1150. The summed E-state index contributed by atoms with van der Waals surface area (Å²) in [5.74, 6) is -0.911. The maximum absolute atomic E-state index is 13.8. The normalized spacial score (nSPS) is 38.2. The van der Waals surface area contributed by atoms with Crippen LogP contribution in [0.25, 0.3) is 0 Å². The summed E-state index contributed by atoms with van der Waals surface area (Å²) in [7, 11) is -6.50. The second kappa shape index (κ2) is 10.3. The van der Waals surface area contributed by atoms with Crippen molar-refractivity contribution in [1.82, 2.24) is 0 Å². The highest BCUT2D eigenvalue weighted by molar-refractivity contribution is 7.86. The third kappa shape index (κ3) is 5.22. The first kappa shape index (κ1) is 31.3. The van der Waals surface area contributed by atoms with Gasteiger partial charge < -0.3 is 4.74 Å². The number of ketones is 2. The van der Waals surface area contributed by atoms with E-state index in [1.54, 1.807) is 0 Å². The van der Waals surface area contributed by atoms with E-state index in [0.717, 1.165) is 25.7 Å². The molecule has 9 atom stereocenters. The van der Waals surface area contributed by atoms with Crippen molar-refractivity contribution >= 4 is 27.7 Å². The van der Waals surface area contributed by atoms with Gasteiger partial charge in [0.05, 0.1) is 0 Å². The molecule has 7 nitrogen and oxygen atoms in total. The minimum absolute atomic E-state index is 0.0444. The second-order valence-corrected chi connectivity index (χ2v) is 14.5. The predicted molar refractivity (Wildman–Crippen MR) is 131 cm³/mol. The molecule has 0 aliphatic heterocycles. The fourth-order valence-electron chi connectivity index (χ4n) is 9.01. The van der Waals surface area contributed by atoms with Crippen molar-refractivity contribution in [3.63, 3.8) is 0 Å². The number of carbonyl (C=O) groups excluding carboxylic acids is 3. The number of rotatable bonds is 7. The van der Waals surface area contributed by atoms with Gasteiger partial charge in [-0.05, 0) is 78.9 Å². The van der Waals surface area contributed by atoms with E-state index in [9.17, 15) is 44.8 Å². The molecule has 4 saturated carbocycles. The van der Waals surface area contributed by atoms with Crippen molar-refractivity contribution < 1.29 is 54.0 Å². The number of hydrogen-bond acceptors (Lipinski definition) is 6. The average Bonchev–Trinajstić information content (AvgIpc) is 3.18. The summed E-state index contributed by atoms with van der Waals surface area (Å²) in [6, 6.07) is 0. The lowest BCUT2D eigenvalue weighted by Gasteiger charge is -2.59. The van der Waals surface area contributed by atoms with Gasteiger partial charge in [0.1, 0.15) is 11.6 Å².